The van der Waals surface area contributed by atoms with Gasteiger partial charge >= 0.3 is 0 Å². The Hall–Kier alpha value is -2.82. The number of likely N-dealkylation sites (N-methyl/N-ethyl adjacent to an activating group) is 1. The highest BCUT2D eigenvalue weighted by atomic mass is 32.2. The molecule has 10 heteroatoms. The molecule has 0 bridgehead atoms. The average molecular weight is 475 g/mol. The molecular formula is C23H30N4O5S. The van der Waals surface area contributed by atoms with Gasteiger partial charge in [0.05, 0.1) is 18.1 Å². The van der Waals surface area contributed by atoms with E-state index in [9.17, 15) is 18.0 Å². The number of sulfonamides is 1. The minimum atomic E-state index is -3.73. The van der Waals surface area contributed by atoms with E-state index in [-0.39, 0.29) is 35.4 Å². The van der Waals surface area contributed by atoms with E-state index in [1.807, 2.05) is 19.9 Å². The number of nitrogens with one attached hydrogen (secondary N) is 1. The third-order valence-corrected chi connectivity index (χ3v) is 7.34. The zero-order chi connectivity index (χ0) is 24.0. The molecule has 0 spiro atoms. The van der Waals surface area contributed by atoms with Crippen molar-refractivity contribution in [3.63, 3.8) is 0 Å². The van der Waals surface area contributed by atoms with Crippen molar-refractivity contribution in [2.45, 2.75) is 31.3 Å². The maximum Gasteiger partial charge on any atom is 0.251 e. The van der Waals surface area contributed by atoms with Crippen LogP contribution in [0, 0.1) is 5.92 Å². The molecule has 1 N–H and O–H groups in total. The van der Waals surface area contributed by atoms with Crippen molar-refractivity contribution < 1.29 is 22.7 Å². The second-order valence-corrected chi connectivity index (χ2v) is 10.2. The number of hydrogen-bond donors (Lipinski definition) is 1. The van der Waals surface area contributed by atoms with Gasteiger partial charge < -0.3 is 15.0 Å². The molecule has 0 saturated carbocycles. The zero-order valence-electron chi connectivity index (χ0n) is 19.1. The van der Waals surface area contributed by atoms with Gasteiger partial charge in [-0.2, -0.15) is 4.31 Å². The first kappa shape index (κ1) is 24.8. The van der Waals surface area contributed by atoms with E-state index in [0.29, 0.717) is 19.8 Å². The third kappa shape index (κ3) is 6.16. The molecule has 1 saturated heterocycles. The lowest BCUT2D eigenvalue weighted by atomic mass is 10.0. The topological polar surface area (TPSA) is 109 Å². The van der Waals surface area contributed by atoms with Gasteiger partial charge in [0.25, 0.3) is 5.91 Å². The Bertz CT molecular complexity index is 1070. The van der Waals surface area contributed by atoms with E-state index < -0.39 is 22.0 Å². The van der Waals surface area contributed by atoms with Gasteiger partial charge in [-0.3, -0.25) is 14.6 Å². The van der Waals surface area contributed by atoms with Gasteiger partial charge in [-0.05, 0) is 35.7 Å². The first-order chi connectivity index (χ1) is 15.7. The average Bonchev–Trinajstić information content (AvgIpc) is 2.83. The van der Waals surface area contributed by atoms with Crippen LogP contribution in [0.15, 0.2) is 53.7 Å². The molecule has 1 aromatic heterocycles. The predicted octanol–water partition coefficient (Wildman–Crippen LogP) is 1.52. The fourth-order valence-electron chi connectivity index (χ4n) is 3.55. The van der Waals surface area contributed by atoms with E-state index >= 15 is 0 Å². The van der Waals surface area contributed by atoms with Crippen LogP contribution in [0.3, 0.4) is 0 Å². The second-order valence-electron chi connectivity index (χ2n) is 8.30. The molecule has 9 nitrogen and oxygen atoms in total. The number of aromatic nitrogens is 1. The molecular weight excluding hydrogens is 444 g/mol. The molecule has 1 atom stereocenters. The van der Waals surface area contributed by atoms with E-state index in [4.69, 9.17) is 4.74 Å². The monoisotopic (exact) mass is 474 g/mol. The number of rotatable bonds is 8. The summed E-state index contributed by atoms with van der Waals surface area (Å²) in [4.78, 5) is 31.7. The normalized spacial score (nSPS) is 15.8. The number of morpholine rings is 1. The number of nitrogens with zero attached hydrogens (tertiary/aromatic N) is 3. The summed E-state index contributed by atoms with van der Waals surface area (Å²) in [7, 11) is -2.06. The van der Waals surface area contributed by atoms with Crippen molar-refractivity contribution in [1.82, 2.24) is 19.5 Å². The van der Waals surface area contributed by atoms with Crippen LogP contribution in [-0.2, 0) is 26.1 Å². The van der Waals surface area contributed by atoms with Gasteiger partial charge in [0.1, 0.15) is 6.04 Å². The molecule has 1 aliphatic rings. The molecule has 1 aliphatic heterocycles. The molecule has 0 aliphatic carbocycles. The zero-order valence-corrected chi connectivity index (χ0v) is 19.9. The van der Waals surface area contributed by atoms with Crippen LogP contribution in [0.25, 0.3) is 0 Å². The van der Waals surface area contributed by atoms with Gasteiger partial charge in [-0.1, -0.05) is 26.0 Å². The summed E-state index contributed by atoms with van der Waals surface area (Å²) in [6.07, 6.45) is 3.35. The number of benzene rings is 1. The largest absolute Gasteiger partial charge is 0.379 e. The van der Waals surface area contributed by atoms with E-state index in [2.05, 4.69) is 10.3 Å². The standard InChI is InChI=1S/C23H30N4O5S/c1-17(2)21(23(29)26(3)16-18-6-5-9-24-15-18)25-22(28)19-7-4-8-20(14-19)33(30,31)27-10-12-32-13-11-27/h4-9,14-15,17,21H,10-13,16H2,1-3H3,(H,25,28). The number of carbonyl (C=O) groups excluding carboxylic acids is 2. The minimum Gasteiger partial charge on any atom is -0.379 e. The number of ether oxygens (including phenoxy) is 1. The van der Waals surface area contributed by atoms with Crippen LogP contribution in [0.5, 0.6) is 0 Å². The van der Waals surface area contributed by atoms with Crippen molar-refractivity contribution in [2.75, 3.05) is 33.4 Å². The van der Waals surface area contributed by atoms with Crippen LogP contribution < -0.4 is 5.32 Å². The van der Waals surface area contributed by atoms with Crippen LogP contribution >= 0.6 is 0 Å². The Balaban J connectivity index is 1.74. The van der Waals surface area contributed by atoms with Gasteiger partial charge in [0, 0.05) is 44.6 Å². The smallest absolute Gasteiger partial charge is 0.251 e. The summed E-state index contributed by atoms with van der Waals surface area (Å²) >= 11 is 0. The predicted molar refractivity (Wildman–Crippen MR) is 123 cm³/mol. The van der Waals surface area contributed by atoms with Crippen LogP contribution in [0.1, 0.15) is 29.8 Å². The van der Waals surface area contributed by atoms with Crippen molar-refractivity contribution >= 4 is 21.8 Å². The van der Waals surface area contributed by atoms with Gasteiger partial charge in [-0.25, -0.2) is 8.42 Å². The number of amides is 2. The Labute approximate surface area is 194 Å². The Morgan fingerprint density at radius 1 is 1.18 bits per heavy atom. The Kier molecular flexibility index (Phi) is 8.17. The maximum absolute atomic E-state index is 13.1. The molecule has 33 heavy (non-hydrogen) atoms. The molecule has 2 aromatic rings. The number of pyridine rings is 1. The van der Waals surface area contributed by atoms with E-state index in [0.717, 1.165) is 5.56 Å². The van der Waals surface area contributed by atoms with Gasteiger partial charge in [0.15, 0.2) is 0 Å². The van der Waals surface area contributed by atoms with Crippen molar-refractivity contribution in [2.24, 2.45) is 5.92 Å². The highest BCUT2D eigenvalue weighted by molar-refractivity contribution is 7.89. The fraction of sp³-hybridized carbons (Fsp3) is 0.435. The molecule has 0 radical (unpaired) electrons. The van der Waals surface area contributed by atoms with Crippen LogP contribution in [0.4, 0.5) is 0 Å². The molecule has 1 unspecified atom stereocenters. The lowest BCUT2D eigenvalue weighted by Gasteiger charge is -2.27. The molecule has 2 amide bonds. The van der Waals surface area contributed by atoms with Crippen molar-refractivity contribution in [3.8, 4) is 0 Å². The third-order valence-electron chi connectivity index (χ3n) is 5.44. The Morgan fingerprint density at radius 3 is 2.55 bits per heavy atom. The van der Waals surface area contributed by atoms with E-state index in [1.54, 1.807) is 30.4 Å². The molecule has 1 aromatic carbocycles. The molecule has 178 valence electrons. The Morgan fingerprint density at radius 2 is 1.91 bits per heavy atom. The van der Waals surface area contributed by atoms with E-state index in [1.165, 1.54) is 28.6 Å². The highest BCUT2D eigenvalue weighted by Gasteiger charge is 2.29. The molecule has 3 rings (SSSR count). The quantitative estimate of drug-likeness (QED) is 0.621. The molecule has 2 heterocycles. The maximum atomic E-state index is 13.1. The lowest BCUT2D eigenvalue weighted by molar-refractivity contribution is -0.133. The van der Waals surface area contributed by atoms with Crippen molar-refractivity contribution in [3.05, 3.63) is 59.9 Å². The van der Waals surface area contributed by atoms with Crippen molar-refractivity contribution in [1.29, 1.82) is 0 Å². The second kappa shape index (κ2) is 10.9. The minimum absolute atomic E-state index is 0.0400. The first-order valence-electron chi connectivity index (χ1n) is 10.8. The highest BCUT2D eigenvalue weighted by Crippen LogP contribution is 2.19. The summed E-state index contributed by atoms with van der Waals surface area (Å²) < 4.78 is 32.4. The SMILES string of the molecule is CC(C)C(NC(=O)c1cccc(S(=O)(=O)N2CCOCC2)c1)C(=O)N(C)Cc1cccnc1. The molecule has 1 fully saturated rings. The van der Waals surface area contributed by atoms with Gasteiger partial charge in [-0.15, -0.1) is 0 Å². The van der Waals surface area contributed by atoms with Crippen LogP contribution in [-0.4, -0.2) is 73.8 Å². The number of carbonyl (C=O) groups is 2. The van der Waals surface area contributed by atoms with Gasteiger partial charge in [0.2, 0.25) is 15.9 Å². The number of hydrogen-bond acceptors (Lipinski definition) is 6. The summed E-state index contributed by atoms with van der Waals surface area (Å²) in [5.41, 5.74) is 1.06. The fourth-order valence-corrected chi connectivity index (χ4v) is 5.01. The summed E-state index contributed by atoms with van der Waals surface area (Å²) in [6.45, 7) is 5.27. The first-order valence-corrected chi connectivity index (χ1v) is 12.3. The van der Waals surface area contributed by atoms with Crippen LogP contribution in [0.2, 0.25) is 0 Å². The summed E-state index contributed by atoms with van der Waals surface area (Å²) in [5, 5.41) is 2.78. The summed E-state index contributed by atoms with van der Waals surface area (Å²) in [5.74, 6) is -0.909. The summed E-state index contributed by atoms with van der Waals surface area (Å²) in [6, 6.07) is 8.79. The lowest BCUT2D eigenvalue weighted by Crippen LogP contribution is -2.50.